The van der Waals surface area contributed by atoms with Gasteiger partial charge in [-0.15, -0.1) is 0 Å². The topological polar surface area (TPSA) is 210 Å². The summed E-state index contributed by atoms with van der Waals surface area (Å²) in [5, 5.41) is 0. The smallest absolute Gasteiger partial charge is 0.333 e. The third kappa shape index (κ3) is 45.9. The van der Waals surface area contributed by atoms with Crippen molar-refractivity contribution in [1.82, 2.24) is 0 Å². The minimum Gasteiger partial charge on any atom is -0.457 e. The second kappa shape index (κ2) is 54.3. The van der Waals surface area contributed by atoms with Gasteiger partial charge in [0.15, 0.2) is 0 Å². The molecule has 8 aromatic carbocycles. The average molecular weight is 1430 g/mol. The van der Waals surface area contributed by atoms with Crippen LogP contribution in [-0.2, 0) is 129 Å². The first-order valence-electron chi connectivity index (χ1n) is 32.5. The maximum atomic E-state index is 11.0. The molecule has 0 atom stereocenters. The number of benzene rings is 8. The Morgan fingerprint density at radius 3 is 0.317 bits per heavy atom. The van der Waals surface area contributed by atoms with Crippen molar-refractivity contribution >= 4 is 47.8 Å². The molecule has 16 heteroatoms. The quantitative estimate of drug-likeness (QED) is 0.0238. The second-order valence-electron chi connectivity index (χ2n) is 22.7. The monoisotopic (exact) mass is 1430 g/mol. The highest BCUT2D eigenvalue weighted by Gasteiger charge is 2.09. The number of carbonyl (C=O) groups is 8. The highest BCUT2D eigenvalue weighted by atomic mass is 16.6. The Kier molecular flexibility index (Phi) is 46.7. The van der Waals surface area contributed by atoms with E-state index >= 15 is 0 Å². The fraction of sp³-hybridized carbons (Fsp3) is 0.182. The summed E-state index contributed by atoms with van der Waals surface area (Å²) < 4.78 is 39.6. The van der Waals surface area contributed by atoms with E-state index in [4.69, 9.17) is 37.9 Å². The van der Waals surface area contributed by atoms with Gasteiger partial charge in [-0.3, -0.25) is 0 Å². The van der Waals surface area contributed by atoms with E-state index in [1.54, 1.807) is 55.4 Å². The van der Waals surface area contributed by atoms with Gasteiger partial charge < -0.3 is 37.9 Å². The van der Waals surface area contributed by atoms with Crippen LogP contribution in [0.2, 0.25) is 0 Å². The van der Waals surface area contributed by atoms with Gasteiger partial charge in [0, 0.05) is 44.6 Å². The van der Waals surface area contributed by atoms with Crippen molar-refractivity contribution in [1.29, 1.82) is 0 Å². The predicted molar refractivity (Wildman–Crippen MR) is 408 cm³/mol. The van der Waals surface area contributed by atoms with Crippen LogP contribution < -0.4 is 0 Å². The van der Waals surface area contributed by atoms with Crippen LogP contribution >= 0.6 is 0 Å². The van der Waals surface area contributed by atoms with Gasteiger partial charge in [0.25, 0.3) is 0 Å². The van der Waals surface area contributed by atoms with E-state index < -0.39 is 0 Å². The number of rotatable bonds is 24. The molecule has 0 spiro atoms. The van der Waals surface area contributed by atoms with Crippen LogP contribution in [0.1, 0.15) is 99.9 Å². The van der Waals surface area contributed by atoms with Crippen LogP contribution in [0.25, 0.3) is 0 Å². The molecule has 0 amide bonds. The Labute approximate surface area is 613 Å². The standard InChI is InChI=1S/8C11H12O2/c8*1-9(2)11(12)13-8-10-6-4-3-5-7-10/h8*3-7H,1,8H2,2H3/i2*2+1,9+1,11+1;1+1,9+1,11+1;2*1+1,2+1,11+1;1+1,2+1,9+1;2+1,11+1;2+1,9+1. The molecule has 8 aromatic rings. The molecular formula is C88H96O16. The first-order chi connectivity index (χ1) is 49.6. The van der Waals surface area contributed by atoms with E-state index in [1.807, 2.05) is 243 Å². The third-order valence-electron chi connectivity index (χ3n) is 12.5. The van der Waals surface area contributed by atoms with E-state index in [1.165, 1.54) is 0 Å². The van der Waals surface area contributed by atoms with Gasteiger partial charge in [-0.2, -0.15) is 0 Å². The molecule has 544 valence electrons. The molecule has 16 nitrogen and oxygen atoms in total. The molecular weight excluding hydrogens is 1330 g/mol. The maximum Gasteiger partial charge on any atom is 0.333 e. The maximum absolute atomic E-state index is 11.0. The largest absolute Gasteiger partial charge is 0.457 e. The Bertz CT molecular complexity index is 3200. The second-order valence-corrected chi connectivity index (χ2v) is 22.7. The van der Waals surface area contributed by atoms with Crippen molar-refractivity contribution in [3.8, 4) is 0 Å². The summed E-state index contributed by atoms with van der Waals surface area (Å²) in [6, 6.07) is 76.4. The molecule has 0 aliphatic rings. The summed E-state index contributed by atoms with van der Waals surface area (Å²) >= 11 is 0. The summed E-state index contributed by atoms with van der Waals surface area (Å²) in [4.78, 5) is 88.0. The predicted octanol–water partition coefficient (Wildman–Crippen LogP) is 18.4. The van der Waals surface area contributed by atoms with Crippen LogP contribution in [0.4, 0.5) is 0 Å². The normalized spacial score (nSPS) is 9.31. The fourth-order valence-electron chi connectivity index (χ4n) is 6.77. The molecule has 0 saturated carbocycles. The van der Waals surface area contributed by atoms with Crippen molar-refractivity contribution in [2.75, 3.05) is 0 Å². The van der Waals surface area contributed by atoms with Gasteiger partial charge in [-0.1, -0.05) is 295 Å². The van der Waals surface area contributed by atoms with Gasteiger partial charge in [0.2, 0.25) is 0 Å². The van der Waals surface area contributed by atoms with Crippen molar-refractivity contribution < 1.29 is 76.3 Å². The lowest BCUT2D eigenvalue weighted by molar-refractivity contribution is -0.141. The number of ether oxygens (including phenoxy) is 8. The van der Waals surface area contributed by atoms with E-state index in [9.17, 15) is 38.4 Å². The van der Waals surface area contributed by atoms with Gasteiger partial charge in [0.05, 0.1) is 0 Å². The van der Waals surface area contributed by atoms with E-state index in [0.29, 0.717) is 97.4 Å². The lowest BCUT2D eigenvalue weighted by atomic mass is 10.2. The SMILES string of the molecule is C=C([13CH3])[13C](=O)OCc1ccccc1.C=[13C]([13CH3])C(=O)OCc1ccccc1.C=[13C]([13CH3])[13C](=O)OCc1ccccc1.C=[13C]([13CH3])[13C](=O)OCc1ccccc1.C[13C](=[13CH2])[13C](=O)OCc1ccccc1.[13CH2]=C([13CH3])[13C](=O)OCc1ccccc1.[13CH2]=C([13CH3])[13C](=O)OCc1ccccc1.[13CH2]=[13C]([13CH3])C(=O)OCc1ccccc1. The zero-order valence-electron chi connectivity index (χ0n) is 60.9. The molecule has 0 aliphatic carbocycles. The molecule has 0 radical (unpaired) electrons. The molecule has 0 N–H and O–H groups in total. The Morgan fingerprint density at radius 2 is 0.250 bits per heavy atom. The molecule has 0 heterocycles. The van der Waals surface area contributed by atoms with Gasteiger partial charge in [-0.05, 0) is 99.9 Å². The molecule has 0 fully saturated rings. The summed E-state index contributed by atoms with van der Waals surface area (Å²) in [7, 11) is 0. The lowest BCUT2D eigenvalue weighted by Gasteiger charge is -2.03. The Morgan fingerprint density at radius 1 is 0.173 bits per heavy atom. The molecule has 0 aliphatic heterocycles. The number of esters is 8. The van der Waals surface area contributed by atoms with E-state index in [-0.39, 0.29) is 47.8 Å². The summed E-state index contributed by atoms with van der Waals surface area (Å²) in [6.07, 6.45) is 0. The Hall–Kier alpha value is -12.6. The molecule has 8 rings (SSSR count). The minimum absolute atomic E-state index is 0.312. The molecule has 104 heavy (non-hydrogen) atoms. The van der Waals surface area contributed by atoms with Gasteiger partial charge in [-0.25, -0.2) is 38.4 Å². The summed E-state index contributed by atoms with van der Waals surface area (Å²) in [6.45, 7) is 43.5. The van der Waals surface area contributed by atoms with Crippen molar-refractivity contribution in [2.45, 2.75) is 108 Å². The first kappa shape index (κ1) is 89.5. The minimum atomic E-state index is -0.344. The number of hydrogen-bond acceptors (Lipinski definition) is 16. The van der Waals surface area contributed by atoms with Gasteiger partial charge in [0.1, 0.15) is 52.9 Å². The number of hydrogen-bond donors (Lipinski definition) is 0. The lowest BCUT2D eigenvalue weighted by Crippen LogP contribution is -2.04. The third-order valence-corrected chi connectivity index (χ3v) is 12.5. The fourth-order valence-corrected chi connectivity index (χ4v) is 6.77. The average Bonchev–Trinajstić information content (AvgIpc) is 1.31. The highest BCUT2D eigenvalue weighted by molar-refractivity contribution is 5.89. The zero-order valence-corrected chi connectivity index (χ0v) is 60.9. The van der Waals surface area contributed by atoms with Crippen LogP contribution in [0.3, 0.4) is 0 Å². The number of carbonyl (C=O) groups excluding carboxylic acids is 8. The van der Waals surface area contributed by atoms with E-state index in [2.05, 4.69) is 52.6 Å². The van der Waals surface area contributed by atoms with Crippen LogP contribution in [0, 0.1) is 0 Å². The zero-order chi connectivity index (χ0) is 77.5. The van der Waals surface area contributed by atoms with Gasteiger partial charge >= 0.3 is 47.8 Å². The molecule has 0 bridgehead atoms. The summed E-state index contributed by atoms with van der Waals surface area (Å²) in [5.74, 6) is -2.75. The highest BCUT2D eigenvalue weighted by Crippen LogP contribution is 2.10. The van der Waals surface area contributed by atoms with Crippen LogP contribution in [-0.4, -0.2) is 47.8 Å². The van der Waals surface area contributed by atoms with Crippen LogP contribution in [0.15, 0.2) is 340 Å². The van der Waals surface area contributed by atoms with Crippen molar-refractivity contribution in [3.63, 3.8) is 0 Å². The summed E-state index contributed by atoms with van der Waals surface area (Å²) in [5.41, 5.74) is 11.3. The van der Waals surface area contributed by atoms with Crippen LogP contribution in [0.5, 0.6) is 0 Å². The molecule has 0 unspecified atom stereocenters. The van der Waals surface area contributed by atoms with E-state index in [0.717, 1.165) is 44.5 Å². The molecule has 0 saturated heterocycles. The first-order valence-corrected chi connectivity index (χ1v) is 32.5. The van der Waals surface area contributed by atoms with Crippen molar-refractivity contribution in [3.05, 3.63) is 384 Å². The van der Waals surface area contributed by atoms with Crippen molar-refractivity contribution in [2.24, 2.45) is 0 Å². The molecule has 0 aromatic heterocycles. The Balaban J connectivity index is 0.000000594.